The highest BCUT2D eigenvalue weighted by atomic mass is 79.9. The number of aldehydes is 1. The maximum absolute atomic E-state index is 10.3. The highest BCUT2D eigenvalue weighted by Crippen LogP contribution is 2.29. The van der Waals surface area contributed by atoms with Gasteiger partial charge in [-0.05, 0) is 22.0 Å². The Morgan fingerprint density at radius 2 is 2.45 bits per heavy atom. The molecule has 56 valence electrons. The van der Waals surface area contributed by atoms with Crippen LogP contribution >= 0.6 is 27.3 Å². The van der Waals surface area contributed by atoms with Gasteiger partial charge in [0, 0.05) is 15.2 Å². The Morgan fingerprint density at radius 3 is 3.09 bits per heavy atom. The molecule has 4 heteroatoms. The van der Waals surface area contributed by atoms with Crippen LogP contribution in [0.1, 0.15) is 10.5 Å². The molecule has 0 bridgehead atoms. The number of aromatic nitrogens is 1. The van der Waals surface area contributed by atoms with E-state index in [0.29, 0.717) is 5.69 Å². The summed E-state index contributed by atoms with van der Waals surface area (Å²) in [7, 11) is 0. The van der Waals surface area contributed by atoms with E-state index in [4.69, 9.17) is 0 Å². The van der Waals surface area contributed by atoms with Crippen molar-refractivity contribution in [2.45, 2.75) is 0 Å². The van der Waals surface area contributed by atoms with Gasteiger partial charge in [-0.25, -0.2) is 0 Å². The molecule has 0 atom stereocenters. The molecule has 0 amide bonds. The lowest BCUT2D eigenvalue weighted by Crippen LogP contribution is -1.73. The number of H-pyrrole nitrogens is 1. The van der Waals surface area contributed by atoms with Gasteiger partial charge in [-0.1, -0.05) is 0 Å². The van der Waals surface area contributed by atoms with Crippen LogP contribution in [0, 0.1) is 0 Å². The molecule has 0 aromatic carbocycles. The molecule has 0 saturated carbocycles. The molecule has 0 radical (unpaired) electrons. The van der Waals surface area contributed by atoms with Gasteiger partial charge in [-0.15, -0.1) is 11.3 Å². The Bertz CT molecular complexity index is 403. The van der Waals surface area contributed by atoms with Gasteiger partial charge in [0.05, 0.1) is 5.69 Å². The third-order valence-corrected chi connectivity index (χ3v) is 3.34. The third kappa shape index (κ3) is 1.02. The maximum atomic E-state index is 10.3. The smallest absolute Gasteiger partial charge is 0.166 e. The third-order valence-electron chi connectivity index (χ3n) is 1.47. The number of carbonyl (C=O) groups is 1. The number of thiophene rings is 1. The van der Waals surface area contributed by atoms with Crippen molar-refractivity contribution in [1.82, 2.24) is 4.98 Å². The van der Waals surface area contributed by atoms with Crippen LogP contribution in [0.2, 0.25) is 0 Å². The Labute approximate surface area is 75.4 Å². The fourth-order valence-electron chi connectivity index (χ4n) is 0.964. The first kappa shape index (κ1) is 7.06. The van der Waals surface area contributed by atoms with E-state index in [9.17, 15) is 4.79 Å². The number of rotatable bonds is 1. The first-order chi connectivity index (χ1) is 5.31. The summed E-state index contributed by atoms with van der Waals surface area (Å²) in [5.41, 5.74) is 0.632. The van der Waals surface area contributed by atoms with Gasteiger partial charge in [-0.3, -0.25) is 4.79 Å². The molecule has 0 spiro atoms. The van der Waals surface area contributed by atoms with E-state index >= 15 is 0 Å². The summed E-state index contributed by atoms with van der Waals surface area (Å²) in [4.78, 5) is 14.4. The predicted octanol–water partition coefficient (Wildman–Crippen LogP) is 2.80. The van der Waals surface area contributed by atoms with Crippen molar-refractivity contribution in [3.05, 3.63) is 21.6 Å². The summed E-state index contributed by atoms with van der Waals surface area (Å²) in [6.45, 7) is 0. The molecule has 0 unspecified atom stereocenters. The summed E-state index contributed by atoms with van der Waals surface area (Å²) in [6, 6.07) is 1.84. The summed E-state index contributed by atoms with van der Waals surface area (Å²) >= 11 is 4.97. The number of hydrogen-bond donors (Lipinski definition) is 1. The summed E-state index contributed by atoms with van der Waals surface area (Å²) in [6.07, 6.45) is 0.819. The number of halogens is 1. The van der Waals surface area contributed by atoms with Crippen LogP contribution in [-0.2, 0) is 0 Å². The molecule has 0 fully saturated rings. The van der Waals surface area contributed by atoms with Gasteiger partial charge in [-0.2, -0.15) is 0 Å². The molecule has 2 aromatic heterocycles. The van der Waals surface area contributed by atoms with Crippen molar-refractivity contribution in [3.8, 4) is 0 Å². The maximum Gasteiger partial charge on any atom is 0.166 e. The minimum atomic E-state index is 0.632. The highest BCUT2D eigenvalue weighted by Gasteiger charge is 2.04. The molecule has 11 heavy (non-hydrogen) atoms. The second kappa shape index (κ2) is 2.46. The SMILES string of the molecule is O=Cc1cc2c(Br)csc2[nH]1. The van der Waals surface area contributed by atoms with Crippen LogP contribution < -0.4 is 0 Å². The molecule has 2 nitrogen and oxygen atoms in total. The molecule has 1 N–H and O–H groups in total. The van der Waals surface area contributed by atoms with Crippen LogP contribution in [0.4, 0.5) is 0 Å². The van der Waals surface area contributed by atoms with Crippen molar-refractivity contribution in [3.63, 3.8) is 0 Å². The molecule has 2 aromatic rings. The van der Waals surface area contributed by atoms with Crippen molar-refractivity contribution in [2.24, 2.45) is 0 Å². The molecule has 2 rings (SSSR count). The molecule has 0 aliphatic heterocycles. The Kier molecular flexibility index (Phi) is 1.58. The topological polar surface area (TPSA) is 32.9 Å². The minimum absolute atomic E-state index is 0.632. The van der Waals surface area contributed by atoms with Gasteiger partial charge < -0.3 is 4.98 Å². The lowest BCUT2D eigenvalue weighted by molar-refractivity contribution is 0.112. The summed E-state index contributed by atoms with van der Waals surface area (Å²) in [5, 5.41) is 3.08. The zero-order valence-electron chi connectivity index (χ0n) is 5.43. The van der Waals surface area contributed by atoms with E-state index in [1.807, 2.05) is 11.4 Å². The van der Waals surface area contributed by atoms with Gasteiger partial charge in [0.15, 0.2) is 6.29 Å². The van der Waals surface area contributed by atoms with Crippen LogP contribution in [0.25, 0.3) is 10.2 Å². The zero-order valence-corrected chi connectivity index (χ0v) is 7.83. The Hall–Kier alpha value is -0.610. The molecular weight excluding hydrogens is 226 g/mol. The number of fused-ring (bicyclic) bond motifs is 1. The monoisotopic (exact) mass is 229 g/mol. The van der Waals surface area contributed by atoms with E-state index < -0.39 is 0 Å². The van der Waals surface area contributed by atoms with Crippen molar-refractivity contribution in [2.75, 3.05) is 0 Å². The van der Waals surface area contributed by atoms with E-state index in [1.54, 1.807) is 11.3 Å². The van der Waals surface area contributed by atoms with Gasteiger partial charge in [0.1, 0.15) is 4.83 Å². The lowest BCUT2D eigenvalue weighted by atomic mass is 10.4. The molecule has 0 aliphatic carbocycles. The van der Waals surface area contributed by atoms with Crippen LogP contribution in [-0.4, -0.2) is 11.3 Å². The average molecular weight is 230 g/mol. The van der Waals surface area contributed by atoms with Crippen LogP contribution in [0.5, 0.6) is 0 Å². The zero-order chi connectivity index (χ0) is 7.84. The average Bonchev–Trinajstić information content (AvgIpc) is 2.53. The molecule has 0 saturated heterocycles. The summed E-state index contributed by atoms with van der Waals surface area (Å²) in [5.74, 6) is 0. The molecular formula is C7H4BrNOS. The molecule has 2 heterocycles. The molecule has 0 aliphatic rings. The van der Waals surface area contributed by atoms with E-state index in [-0.39, 0.29) is 0 Å². The Morgan fingerprint density at radius 1 is 1.64 bits per heavy atom. The second-order valence-electron chi connectivity index (χ2n) is 2.17. The lowest BCUT2D eigenvalue weighted by Gasteiger charge is -1.75. The number of aromatic amines is 1. The van der Waals surface area contributed by atoms with Gasteiger partial charge in [0.2, 0.25) is 0 Å². The fourth-order valence-corrected chi connectivity index (χ4v) is 2.51. The van der Waals surface area contributed by atoms with Crippen molar-refractivity contribution >= 4 is 43.8 Å². The number of nitrogens with one attached hydrogen (secondary N) is 1. The van der Waals surface area contributed by atoms with Crippen molar-refractivity contribution in [1.29, 1.82) is 0 Å². The van der Waals surface area contributed by atoms with Gasteiger partial charge >= 0.3 is 0 Å². The largest absolute Gasteiger partial charge is 0.344 e. The normalized spacial score (nSPS) is 10.6. The van der Waals surface area contributed by atoms with E-state index in [2.05, 4.69) is 20.9 Å². The second-order valence-corrected chi connectivity index (χ2v) is 3.90. The first-order valence-corrected chi connectivity index (χ1v) is 4.69. The fraction of sp³-hybridized carbons (Fsp3) is 0. The first-order valence-electron chi connectivity index (χ1n) is 3.02. The van der Waals surface area contributed by atoms with Crippen LogP contribution in [0.15, 0.2) is 15.9 Å². The standard InChI is InChI=1S/C7H4BrNOS/c8-6-3-11-7-5(6)1-4(2-10)9-7/h1-3,9H. The van der Waals surface area contributed by atoms with E-state index in [0.717, 1.165) is 21.0 Å². The quantitative estimate of drug-likeness (QED) is 0.750. The number of carbonyl (C=O) groups excluding carboxylic acids is 1. The Balaban J connectivity index is 2.79. The minimum Gasteiger partial charge on any atom is -0.344 e. The van der Waals surface area contributed by atoms with Crippen molar-refractivity contribution < 1.29 is 4.79 Å². The summed E-state index contributed by atoms with van der Waals surface area (Å²) < 4.78 is 1.04. The predicted molar refractivity (Wildman–Crippen MR) is 49.3 cm³/mol. The van der Waals surface area contributed by atoms with E-state index in [1.165, 1.54) is 0 Å². The van der Waals surface area contributed by atoms with Crippen LogP contribution in [0.3, 0.4) is 0 Å². The highest BCUT2D eigenvalue weighted by molar-refractivity contribution is 9.10. The van der Waals surface area contributed by atoms with Gasteiger partial charge in [0.25, 0.3) is 0 Å². The number of hydrogen-bond acceptors (Lipinski definition) is 2.